The average molecular weight is 385 g/mol. The molecule has 0 amide bonds. The number of rotatable bonds is 9. The topological polar surface area (TPSA) is 65.5 Å². The van der Waals surface area contributed by atoms with E-state index in [9.17, 15) is 0 Å². The SMILES string of the molecule is CCN(CC)c1ccc(Nc2ccnc(NCCN3CCOCC3)n2)c(C)c1. The maximum Gasteiger partial charge on any atom is 0.224 e. The van der Waals surface area contributed by atoms with Crippen LogP contribution >= 0.6 is 0 Å². The number of aryl methyl sites for hydroxylation is 1. The first-order valence-electron chi connectivity index (χ1n) is 10.2. The highest BCUT2D eigenvalue weighted by atomic mass is 16.5. The molecule has 0 saturated carbocycles. The van der Waals surface area contributed by atoms with E-state index in [1.165, 1.54) is 11.3 Å². The van der Waals surface area contributed by atoms with Crippen molar-refractivity contribution in [1.82, 2.24) is 14.9 Å². The van der Waals surface area contributed by atoms with E-state index in [1.54, 1.807) is 6.20 Å². The molecule has 0 unspecified atom stereocenters. The first kappa shape index (κ1) is 20.4. The van der Waals surface area contributed by atoms with E-state index < -0.39 is 0 Å². The van der Waals surface area contributed by atoms with Gasteiger partial charge in [-0.3, -0.25) is 4.90 Å². The maximum atomic E-state index is 5.38. The molecule has 0 radical (unpaired) electrons. The highest BCUT2D eigenvalue weighted by molar-refractivity contribution is 5.65. The molecule has 1 aliphatic heterocycles. The van der Waals surface area contributed by atoms with Crippen LogP contribution in [0.25, 0.3) is 0 Å². The molecule has 2 aromatic rings. The molecule has 28 heavy (non-hydrogen) atoms. The lowest BCUT2D eigenvalue weighted by molar-refractivity contribution is 0.0398. The minimum absolute atomic E-state index is 0.649. The molecular weight excluding hydrogens is 352 g/mol. The largest absolute Gasteiger partial charge is 0.379 e. The number of benzene rings is 1. The van der Waals surface area contributed by atoms with Crippen LogP contribution in [0.15, 0.2) is 30.5 Å². The summed E-state index contributed by atoms with van der Waals surface area (Å²) >= 11 is 0. The Bertz CT molecular complexity index is 743. The summed E-state index contributed by atoms with van der Waals surface area (Å²) in [5.74, 6) is 1.44. The van der Waals surface area contributed by atoms with Gasteiger partial charge in [-0.2, -0.15) is 4.98 Å². The quantitative estimate of drug-likeness (QED) is 0.688. The summed E-state index contributed by atoms with van der Waals surface area (Å²) in [6.07, 6.45) is 1.78. The highest BCUT2D eigenvalue weighted by Gasteiger charge is 2.10. The zero-order valence-corrected chi connectivity index (χ0v) is 17.2. The van der Waals surface area contributed by atoms with Gasteiger partial charge in [0.2, 0.25) is 5.95 Å². The molecule has 1 saturated heterocycles. The van der Waals surface area contributed by atoms with Crippen molar-refractivity contribution in [3.05, 3.63) is 36.0 Å². The minimum Gasteiger partial charge on any atom is -0.379 e. The van der Waals surface area contributed by atoms with Crippen LogP contribution in [0.1, 0.15) is 19.4 Å². The molecule has 2 heterocycles. The van der Waals surface area contributed by atoms with Crippen molar-refractivity contribution >= 4 is 23.1 Å². The lowest BCUT2D eigenvalue weighted by Crippen LogP contribution is -2.39. The Morgan fingerprint density at radius 1 is 1.14 bits per heavy atom. The number of hydrogen-bond donors (Lipinski definition) is 2. The molecule has 7 nitrogen and oxygen atoms in total. The van der Waals surface area contributed by atoms with Crippen molar-refractivity contribution in [3.63, 3.8) is 0 Å². The summed E-state index contributed by atoms with van der Waals surface area (Å²) in [4.78, 5) is 13.7. The van der Waals surface area contributed by atoms with Crippen molar-refractivity contribution in [1.29, 1.82) is 0 Å². The van der Waals surface area contributed by atoms with Crippen LogP contribution in [0, 0.1) is 6.92 Å². The van der Waals surface area contributed by atoms with E-state index >= 15 is 0 Å². The molecule has 0 aliphatic carbocycles. The molecule has 0 spiro atoms. The van der Waals surface area contributed by atoms with Gasteiger partial charge in [-0.1, -0.05) is 0 Å². The lowest BCUT2D eigenvalue weighted by Gasteiger charge is -2.26. The predicted octanol–water partition coefficient (Wildman–Crippen LogP) is 3.12. The summed E-state index contributed by atoms with van der Waals surface area (Å²) in [7, 11) is 0. The van der Waals surface area contributed by atoms with Crippen LogP contribution < -0.4 is 15.5 Å². The second-order valence-electron chi connectivity index (χ2n) is 6.94. The van der Waals surface area contributed by atoms with E-state index in [4.69, 9.17) is 4.74 Å². The fourth-order valence-corrected chi connectivity index (χ4v) is 3.38. The molecule has 0 bridgehead atoms. The summed E-state index contributed by atoms with van der Waals surface area (Å²) in [5, 5.41) is 6.74. The average Bonchev–Trinajstić information content (AvgIpc) is 2.72. The Labute approximate surface area is 168 Å². The number of hydrogen-bond acceptors (Lipinski definition) is 7. The Hall–Kier alpha value is -2.38. The fraction of sp³-hybridized carbons (Fsp3) is 0.524. The van der Waals surface area contributed by atoms with E-state index in [-0.39, 0.29) is 0 Å². The molecule has 1 aromatic heterocycles. The third-order valence-electron chi connectivity index (χ3n) is 5.07. The van der Waals surface area contributed by atoms with Gasteiger partial charge < -0.3 is 20.3 Å². The number of ether oxygens (including phenoxy) is 1. The van der Waals surface area contributed by atoms with Crippen LogP contribution in [0.4, 0.5) is 23.1 Å². The van der Waals surface area contributed by atoms with Gasteiger partial charge in [-0.25, -0.2) is 4.98 Å². The Kier molecular flexibility index (Phi) is 7.45. The maximum absolute atomic E-state index is 5.38. The van der Waals surface area contributed by atoms with Crippen molar-refractivity contribution in [2.45, 2.75) is 20.8 Å². The fourth-order valence-electron chi connectivity index (χ4n) is 3.38. The van der Waals surface area contributed by atoms with Crippen molar-refractivity contribution < 1.29 is 4.74 Å². The van der Waals surface area contributed by atoms with E-state index in [1.807, 2.05) is 6.07 Å². The highest BCUT2D eigenvalue weighted by Crippen LogP contribution is 2.25. The first-order chi connectivity index (χ1) is 13.7. The minimum atomic E-state index is 0.649. The second kappa shape index (κ2) is 10.2. The Morgan fingerprint density at radius 3 is 2.64 bits per heavy atom. The summed E-state index contributed by atoms with van der Waals surface area (Å²) in [6.45, 7) is 13.9. The van der Waals surface area contributed by atoms with E-state index in [0.717, 1.165) is 64.0 Å². The van der Waals surface area contributed by atoms with Crippen molar-refractivity contribution in [2.24, 2.45) is 0 Å². The van der Waals surface area contributed by atoms with Crippen molar-refractivity contribution in [2.75, 3.05) is 68.0 Å². The number of nitrogens with one attached hydrogen (secondary N) is 2. The molecule has 3 rings (SSSR count). The van der Waals surface area contributed by atoms with Crippen molar-refractivity contribution in [3.8, 4) is 0 Å². The van der Waals surface area contributed by atoms with Crippen LogP contribution in [0.5, 0.6) is 0 Å². The van der Waals surface area contributed by atoms with Gasteiger partial charge in [0.15, 0.2) is 0 Å². The first-order valence-corrected chi connectivity index (χ1v) is 10.2. The standard InChI is InChI=1S/C21H32N6O/c1-4-27(5-2)18-6-7-19(17(3)16-18)24-20-8-9-22-21(25-20)23-10-11-26-12-14-28-15-13-26/h6-9,16H,4-5,10-15H2,1-3H3,(H2,22,23,24,25). The van der Waals surface area contributed by atoms with Crippen LogP contribution in [0.2, 0.25) is 0 Å². The Balaban J connectivity index is 1.58. The molecule has 2 N–H and O–H groups in total. The van der Waals surface area contributed by atoms with Gasteiger partial charge in [-0.05, 0) is 50.6 Å². The van der Waals surface area contributed by atoms with Crippen LogP contribution in [-0.2, 0) is 4.74 Å². The molecule has 1 fully saturated rings. The summed E-state index contributed by atoms with van der Waals surface area (Å²) < 4.78 is 5.38. The monoisotopic (exact) mass is 384 g/mol. The van der Waals surface area contributed by atoms with E-state index in [2.05, 4.69) is 69.4 Å². The zero-order valence-electron chi connectivity index (χ0n) is 17.2. The lowest BCUT2D eigenvalue weighted by atomic mass is 10.1. The summed E-state index contributed by atoms with van der Waals surface area (Å²) in [6, 6.07) is 8.39. The normalized spacial score (nSPS) is 14.7. The summed E-state index contributed by atoms with van der Waals surface area (Å²) in [5.41, 5.74) is 3.51. The number of morpholine rings is 1. The van der Waals surface area contributed by atoms with Gasteiger partial charge in [-0.15, -0.1) is 0 Å². The molecule has 7 heteroatoms. The third-order valence-corrected chi connectivity index (χ3v) is 5.07. The van der Waals surface area contributed by atoms with E-state index in [0.29, 0.717) is 5.95 Å². The molecule has 1 aromatic carbocycles. The number of anilines is 4. The van der Waals surface area contributed by atoms with Crippen LogP contribution in [0.3, 0.4) is 0 Å². The molecular formula is C21H32N6O. The van der Waals surface area contributed by atoms with Gasteiger partial charge >= 0.3 is 0 Å². The van der Waals surface area contributed by atoms with Gasteiger partial charge in [0.1, 0.15) is 5.82 Å². The Morgan fingerprint density at radius 2 is 1.93 bits per heavy atom. The molecule has 152 valence electrons. The second-order valence-corrected chi connectivity index (χ2v) is 6.94. The van der Waals surface area contributed by atoms with Crippen LogP contribution in [-0.4, -0.2) is 67.4 Å². The number of nitrogens with zero attached hydrogens (tertiary/aromatic N) is 4. The third kappa shape index (κ3) is 5.56. The molecule has 0 atom stereocenters. The van der Waals surface area contributed by atoms with Gasteiger partial charge in [0, 0.05) is 56.8 Å². The predicted molar refractivity (Wildman–Crippen MR) is 116 cm³/mol. The number of aromatic nitrogens is 2. The zero-order chi connectivity index (χ0) is 19.8. The van der Waals surface area contributed by atoms with Gasteiger partial charge in [0.25, 0.3) is 0 Å². The smallest absolute Gasteiger partial charge is 0.224 e. The molecule has 1 aliphatic rings. The van der Waals surface area contributed by atoms with Gasteiger partial charge in [0.05, 0.1) is 13.2 Å².